The first kappa shape index (κ1) is 21.2. The number of nitrogens with zero attached hydrogens (tertiary/aromatic N) is 1. The van der Waals surface area contributed by atoms with Crippen molar-refractivity contribution in [2.45, 2.75) is 31.5 Å². The first-order valence-electron chi connectivity index (χ1n) is 8.16. The van der Waals surface area contributed by atoms with E-state index in [9.17, 15) is 4.79 Å². The summed E-state index contributed by atoms with van der Waals surface area (Å²) in [7, 11) is 0. The van der Waals surface area contributed by atoms with Crippen molar-refractivity contribution in [3.8, 4) is 0 Å². The predicted molar refractivity (Wildman–Crippen MR) is 100.0 cm³/mol. The molecule has 5 nitrogen and oxygen atoms in total. The van der Waals surface area contributed by atoms with Gasteiger partial charge in [0.25, 0.3) is 0 Å². The minimum absolute atomic E-state index is 0. The van der Waals surface area contributed by atoms with Crippen LogP contribution in [0, 0.1) is 0 Å². The van der Waals surface area contributed by atoms with E-state index >= 15 is 0 Å². The molecule has 2 saturated heterocycles. The monoisotopic (exact) mass is 375 g/mol. The maximum absolute atomic E-state index is 12.1. The van der Waals surface area contributed by atoms with E-state index in [0.29, 0.717) is 13.0 Å². The Balaban J connectivity index is 0.00000144. The van der Waals surface area contributed by atoms with Crippen molar-refractivity contribution < 1.29 is 9.53 Å². The van der Waals surface area contributed by atoms with Crippen LogP contribution in [0.3, 0.4) is 0 Å². The van der Waals surface area contributed by atoms with Crippen LogP contribution in [-0.4, -0.2) is 55.7 Å². The molecule has 0 aliphatic carbocycles. The molecule has 136 valence electrons. The van der Waals surface area contributed by atoms with Crippen LogP contribution >= 0.6 is 24.8 Å². The normalized spacial score (nSPS) is 23.8. The van der Waals surface area contributed by atoms with Gasteiger partial charge in [0.2, 0.25) is 5.91 Å². The largest absolute Gasteiger partial charge is 0.378 e. The molecule has 2 N–H and O–H groups in total. The number of halogens is 2. The van der Waals surface area contributed by atoms with Crippen molar-refractivity contribution in [2.24, 2.45) is 0 Å². The Bertz CT molecular complexity index is 484. The predicted octanol–water partition coefficient (Wildman–Crippen LogP) is 1.60. The molecule has 0 saturated carbocycles. The maximum atomic E-state index is 12.1. The quantitative estimate of drug-likeness (QED) is 0.820. The highest BCUT2D eigenvalue weighted by molar-refractivity contribution is 5.85. The van der Waals surface area contributed by atoms with Gasteiger partial charge in [0.15, 0.2) is 0 Å². The zero-order chi connectivity index (χ0) is 15.2. The molecule has 2 heterocycles. The summed E-state index contributed by atoms with van der Waals surface area (Å²) in [6, 6.07) is 10.9. The second-order valence-corrected chi connectivity index (χ2v) is 6.20. The maximum Gasteiger partial charge on any atom is 0.221 e. The van der Waals surface area contributed by atoms with Gasteiger partial charge in [-0.15, -0.1) is 24.8 Å². The zero-order valence-electron chi connectivity index (χ0n) is 13.8. The molecule has 3 rings (SSSR count). The first-order valence-corrected chi connectivity index (χ1v) is 8.16. The van der Waals surface area contributed by atoms with Crippen LogP contribution in [0.25, 0.3) is 0 Å². The lowest BCUT2D eigenvalue weighted by atomic mass is 10.1. The molecule has 2 unspecified atom stereocenters. The van der Waals surface area contributed by atoms with E-state index in [4.69, 9.17) is 4.74 Å². The molecule has 0 spiro atoms. The highest BCUT2D eigenvalue weighted by Gasteiger charge is 2.25. The Hall–Kier alpha value is -0.850. The Labute approximate surface area is 156 Å². The third-order valence-corrected chi connectivity index (χ3v) is 4.32. The average Bonchev–Trinajstić information content (AvgIpc) is 2.96. The highest BCUT2D eigenvalue weighted by Crippen LogP contribution is 2.13. The third kappa shape index (κ3) is 6.57. The summed E-state index contributed by atoms with van der Waals surface area (Å²) in [5, 5.41) is 6.49. The van der Waals surface area contributed by atoms with Crippen molar-refractivity contribution >= 4 is 30.7 Å². The number of likely N-dealkylation sites (tertiary alicyclic amines) is 1. The molecule has 2 atom stereocenters. The van der Waals surface area contributed by atoms with Crippen LogP contribution in [0.2, 0.25) is 0 Å². The molecule has 7 heteroatoms. The molecule has 2 aliphatic rings. The van der Waals surface area contributed by atoms with Gasteiger partial charge < -0.3 is 15.4 Å². The highest BCUT2D eigenvalue weighted by atomic mass is 35.5. The van der Waals surface area contributed by atoms with Gasteiger partial charge in [-0.25, -0.2) is 0 Å². The first-order chi connectivity index (χ1) is 10.8. The Morgan fingerprint density at radius 2 is 2.08 bits per heavy atom. The van der Waals surface area contributed by atoms with Crippen LogP contribution in [-0.2, 0) is 16.1 Å². The van der Waals surface area contributed by atoms with E-state index in [1.165, 1.54) is 5.56 Å². The van der Waals surface area contributed by atoms with Crippen molar-refractivity contribution in [1.82, 2.24) is 15.5 Å². The van der Waals surface area contributed by atoms with E-state index in [1.807, 2.05) is 6.07 Å². The van der Waals surface area contributed by atoms with Gasteiger partial charge >= 0.3 is 0 Å². The van der Waals surface area contributed by atoms with Crippen molar-refractivity contribution in [3.05, 3.63) is 35.9 Å². The van der Waals surface area contributed by atoms with Gasteiger partial charge in [0, 0.05) is 44.7 Å². The van der Waals surface area contributed by atoms with Gasteiger partial charge in [-0.3, -0.25) is 9.69 Å². The van der Waals surface area contributed by atoms with E-state index in [2.05, 4.69) is 39.8 Å². The lowest BCUT2D eigenvalue weighted by molar-refractivity contribution is -0.122. The summed E-state index contributed by atoms with van der Waals surface area (Å²) >= 11 is 0. The number of benzene rings is 1. The van der Waals surface area contributed by atoms with Crippen molar-refractivity contribution in [3.63, 3.8) is 0 Å². The summed E-state index contributed by atoms with van der Waals surface area (Å²) in [6.07, 6.45) is 1.54. The zero-order valence-corrected chi connectivity index (χ0v) is 15.4. The second kappa shape index (κ2) is 10.9. The number of nitrogens with one attached hydrogen (secondary N) is 2. The fourth-order valence-electron chi connectivity index (χ4n) is 3.20. The van der Waals surface area contributed by atoms with E-state index in [1.54, 1.807) is 0 Å². The number of morpholine rings is 1. The van der Waals surface area contributed by atoms with E-state index < -0.39 is 0 Å². The lowest BCUT2D eigenvalue weighted by Gasteiger charge is -2.24. The van der Waals surface area contributed by atoms with Crippen LogP contribution in [0.4, 0.5) is 0 Å². The standard InChI is InChI=1S/C17H25N3O2.2ClH/c21-17(10-16-13-22-9-7-18-16)19-15-6-8-20(12-15)11-14-4-2-1-3-5-14;;/h1-5,15-16,18H,6-13H2,(H,19,21);2*1H. The van der Waals surface area contributed by atoms with Crippen LogP contribution in [0.5, 0.6) is 0 Å². The summed E-state index contributed by atoms with van der Waals surface area (Å²) < 4.78 is 5.39. The molecule has 0 aromatic heterocycles. The molecule has 0 radical (unpaired) electrons. The van der Waals surface area contributed by atoms with Gasteiger partial charge in [-0.1, -0.05) is 30.3 Å². The summed E-state index contributed by atoms with van der Waals surface area (Å²) in [4.78, 5) is 14.5. The summed E-state index contributed by atoms with van der Waals surface area (Å²) in [5.74, 6) is 0.134. The number of hydrogen-bond acceptors (Lipinski definition) is 4. The molecule has 0 bridgehead atoms. The Morgan fingerprint density at radius 3 is 2.79 bits per heavy atom. The van der Waals surface area contributed by atoms with Crippen LogP contribution in [0.1, 0.15) is 18.4 Å². The smallest absolute Gasteiger partial charge is 0.221 e. The fraction of sp³-hybridized carbons (Fsp3) is 0.588. The Kier molecular flexibility index (Phi) is 9.63. The number of amides is 1. The van der Waals surface area contributed by atoms with Crippen molar-refractivity contribution in [1.29, 1.82) is 0 Å². The summed E-state index contributed by atoms with van der Waals surface area (Å²) in [6.45, 7) is 5.17. The number of carbonyl (C=O) groups excluding carboxylic acids is 1. The van der Waals surface area contributed by atoms with E-state index in [0.717, 1.165) is 39.2 Å². The number of hydrogen-bond donors (Lipinski definition) is 2. The summed E-state index contributed by atoms with van der Waals surface area (Å²) in [5.41, 5.74) is 1.33. The molecule has 24 heavy (non-hydrogen) atoms. The van der Waals surface area contributed by atoms with Gasteiger partial charge in [0.1, 0.15) is 0 Å². The van der Waals surface area contributed by atoms with Crippen LogP contribution < -0.4 is 10.6 Å². The average molecular weight is 376 g/mol. The minimum Gasteiger partial charge on any atom is -0.378 e. The molecular formula is C17H27Cl2N3O2. The molecular weight excluding hydrogens is 349 g/mol. The number of carbonyl (C=O) groups is 1. The third-order valence-electron chi connectivity index (χ3n) is 4.32. The SMILES string of the molecule is Cl.Cl.O=C(CC1COCCN1)NC1CCN(Cc2ccccc2)C1. The molecule has 2 fully saturated rings. The number of rotatable bonds is 5. The number of ether oxygens (including phenoxy) is 1. The lowest BCUT2D eigenvalue weighted by Crippen LogP contribution is -2.46. The molecule has 2 aliphatic heterocycles. The topological polar surface area (TPSA) is 53.6 Å². The minimum atomic E-state index is 0. The van der Waals surface area contributed by atoms with E-state index in [-0.39, 0.29) is 42.8 Å². The molecule has 1 aromatic rings. The Morgan fingerprint density at radius 1 is 1.29 bits per heavy atom. The van der Waals surface area contributed by atoms with Crippen molar-refractivity contribution in [2.75, 3.05) is 32.8 Å². The van der Waals surface area contributed by atoms with Gasteiger partial charge in [0.05, 0.1) is 13.2 Å². The molecule has 1 amide bonds. The van der Waals surface area contributed by atoms with Crippen LogP contribution in [0.15, 0.2) is 30.3 Å². The van der Waals surface area contributed by atoms with Gasteiger partial charge in [-0.05, 0) is 12.0 Å². The fourth-order valence-corrected chi connectivity index (χ4v) is 3.20. The second-order valence-electron chi connectivity index (χ2n) is 6.20. The van der Waals surface area contributed by atoms with Gasteiger partial charge in [-0.2, -0.15) is 0 Å². The molecule has 1 aromatic carbocycles.